The van der Waals surface area contributed by atoms with Gasteiger partial charge in [0, 0.05) is 6.21 Å². The average molecular weight is 469 g/mol. The molecule has 1 N–H and O–H groups in total. The Bertz CT molecular complexity index is 873. The van der Waals surface area contributed by atoms with Gasteiger partial charge in [0.1, 0.15) is 16.5 Å². The summed E-state index contributed by atoms with van der Waals surface area (Å²) in [6, 6.07) is 0.861. The van der Waals surface area contributed by atoms with Gasteiger partial charge in [-0.05, 0) is 28.9 Å². The third-order valence-corrected chi connectivity index (χ3v) is 4.60. The zero-order valence-electron chi connectivity index (χ0n) is 12.5. The first-order chi connectivity index (χ1) is 11.8. The minimum Gasteiger partial charge on any atom is -0.506 e. The minimum atomic E-state index is -0.906. The van der Waals surface area contributed by atoms with Gasteiger partial charge in [0.15, 0.2) is 11.0 Å². The van der Waals surface area contributed by atoms with Crippen LogP contribution in [0.5, 0.6) is 0 Å². The van der Waals surface area contributed by atoms with Gasteiger partial charge in [-0.2, -0.15) is 0 Å². The second-order valence-electron chi connectivity index (χ2n) is 4.29. The Morgan fingerprint density at radius 3 is 2.84 bits per heavy atom. The van der Waals surface area contributed by atoms with Crippen molar-refractivity contribution in [1.82, 2.24) is 9.97 Å². The zero-order valence-corrected chi connectivity index (χ0v) is 16.4. The normalized spacial score (nSPS) is 12.4. The number of thiazole rings is 1. The molecule has 2 rings (SSSR count). The van der Waals surface area contributed by atoms with Crippen LogP contribution in [-0.2, 0) is 9.53 Å². The lowest BCUT2D eigenvalue weighted by Crippen LogP contribution is -2.11. The van der Waals surface area contributed by atoms with Crippen molar-refractivity contribution in [3.63, 3.8) is 0 Å². The van der Waals surface area contributed by atoms with Gasteiger partial charge in [0.05, 0.1) is 22.2 Å². The van der Waals surface area contributed by atoms with Crippen LogP contribution in [0, 0.1) is 5.82 Å². The number of halogens is 4. The summed E-state index contributed by atoms with van der Waals surface area (Å²) in [5.74, 6) is -2.42. The number of carbonyl (C=O) groups is 1. The standard InChI is InChI=1S/C14H9BrCl2FN3O3S/c1-2-24-13(23)7(4-19-14-20-5-9(15)25-14)10(22)6-3-8(18)12(17)21-11(6)16/h3-5,22H,2H2,1H3/b10-7+,19-4+. The van der Waals surface area contributed by atoms with Crippen LogP contribution < -0.4 is 0 Å². The molecule has 0 aliphatic heterocycles. The largest absolute Gasteiger partial charge is 0.506 e. The van der Waals surface area contributed by atoms with E-state index < -0.39 is 22.7 Å². The molecule has 132 valence electrons. The van der Waals surface area contributed by atoms with Gasteiger partial charge in [0.2, 0.25) is 5.13 Å². The predicted molar refractivity (Wildman–Crippen MR) is 98.4 cm³/mol. The van der Waals surface area contributed by atoms with Crippen molar-refractivity contribution in [1.29, 1.82) is 0 Å². The summed E-state index contributed by atoms with van der Waals surface area (Å²) in [4.78, 5) is 23.6. The monoisotopic (exact) mass is 467 g/mol. The number of pyridine rings is 1. The Kier molecular flexibility index (Phi) is 6.88. The molecule has 0 unspecified atom stereocenters. The van der Waals surface area contributed by atoms with E-state index in [1.807, 2.05) is 0 Å². The predicted octanol–water partition coefficient (Wildman–Crippen LogP) is 4.98. The fourth-order valence-electron chi connectivity index (χ4n) is 1.60. The number of hydrogen-bond donors (Lipinski definition) is 1. The molecular formula is C14H9BrCl2FN3O3S. The number of hydrogen-bond acceptors (Lipinski definition) is 7. The molecule has 0 aromatic carbocycles. The molecule has 0 amide bonds. The Hall–Kier alpha value is -1.55. The molecule has 0 fully saturated rings. The maximum absolute atomic E-state index is 13.6. The van der Waals surface area contributed by atoms with Crippen LogP contribution in [0.3, 0.4) is 0 Å². The third-order valence-electron chi connectivity index (χ3n) is 2.66. The molecule has 0 radical (unpaired) electrons. The van der Waals surface area contributed by atoms with E-state index >= 15 is 0 Å². The van der Waals surface area contributed by atoms with Gasteiger partial charge in [-0.3, -0.25) is 0 Å². The van der Waals surface area contributed by atoms with Crippen LogP contribution in [0.2, 0.25) is 10.3 Å². The van der Waals surface area contributed by atoms with E-state index in [1.165, 1.54) is 17.5 Å². The molecule has 2 aromatic rings. The number of nitrogens with zero attached hydrogens (tertiary/aromatic N) is 3. The summed E-state index contributed by atoms with van der Waals surface area (Å²) in [6.45, 7) is 1.66. The number of ether oxygens (including phenoxy) is 1. The average Bonchev–Trinajstić information content (AvgIpc) is 2.96. The molecule has 0 aliphatic rings. The quantitative estimate of drug-likeness (QED) is 0.220. The summed E-state index contributed by atoms with van der Waals surface area (Å²) in [5.41, 5.74) is -0.558. The Labute approximate surface area is 164 Å². The van der Waals surface area contributed by atoms with Crippen LogP contribution in [0.25, 0.3) is 5.76 Å². The van der Waals surface area contributed by atoms with E-state index in [0.29, 0.717) is 5.13 Å². The molecule has 11 heteroatoms. The van der Waals surface area contributed by atoms with Gasteiger partial charge in [-0.15, -0.1) is 0 Å². The zero-order chi connectivity index (χ0) is 18.6. The Morgan fingerprint density at radius 2 is 2.24 bits per heavy atom. The van der Waals surface area contributed by atoms with Gasteiger partial charge < -0.3 is 9.84 Å². The van der Waals surface area contributed by atoms with Crippen molar-refractivity contribution in [3.05, 3.63) is 43.3 Å². The number of aliphatic imine (C=N–C) groups is 1. The molecule has 0 spiro atoms. The highest BCUT2D eigenvalue weighted by atomic mass is 79.9. The first-order valence-corrected chi connectivity index (χ1v) is 8.97. The van der Waals surface area contributed by atoms with Crippen LogP contribution >= 0.6 is 50.5 Å². The summed E-state index contributed by atoms with van der Waals surface area (Å²) in [7, 11) is 0. The highest BCUT2D eigenvalue weighted by Crippen LogP contribution is 2.28. The van der Waals surface area contributed by atoms with Gasteiger partial charge in [0.25, 0.3) is 0 Å². The van der Waals surface area contributed by atoms with E-state index in [1.54, 1.807) is 6.92 Å². The number of aliphatic hydroxyl groups excluding tert-OH is 1. The summed E-state index contributed by atoms with van der Waals surface area (Å²) in [6.07, 6.45) is 2.59. The molecule has 6 nitrogen and oxygen atoms in total. The van der Waals surface area contributed by atoms with Crippen molar-refractivity contribution < 1.29 is 19.0 Å². The van der Waals surface area contributed by atoms with Crippen molar-refractivity contribution in [2.24, 2.45) is 4.99 Å². The Morgan fingerprint density at radius 1 is 1.52 bits per heavy atom. The van der Waals surface area contributed by atoms with Gasteiger partial charge >= 0.3 is 5.97 Å². The second-order valence-corrected chi connectivity index (χ2v) is 7.39. The summed E-state index contributed by atoms with van der Waals surface area (Å²) >= 11 is 15.8. The first-order valence-electron chi connectivity index (χ1n) is 6.61. The molecular weight excluding hydrogens is 460 g/mol. The van der Waals surface area contributed by atoms with Crippen molar-refractivity contribution >= 4 is 73.5 Å². The van der Waals surface area contributed by atoms with E-state index in [2.05, 4.69) is 30.9 Å². The molecule has 2 heterocycles. The highest BCUT2D eigenvalue weighted by molar-refractivity contribution is 9.11. The van der Waals surface area contributed by atoms with E-state index in [9.17, 15) is 14.3 Å². The molecule has 0 bridgehead atoms. The van der Waals surface area contributed by atoms with Crippen LogP contribution in [0.15, 0.2) is 26.6 Å². The number of aliphatic hydroxyl groups is 1. The lowest BCUT2D eigenvalue weighted by Gasteiger charge is -2.08. The van der Waals surface area contributed by atoms with Crippen molar-refractivity contribution in [2.45, 2.75) is 6.92 Å². The molecule has 0 aliphatic carbocycles. The number of esters is 1. The smallest absolute Gasteiger partial charge is 0.343 e. The van der Waals surface area contributed by atoms with E-state index in [0.717, 1.165) is 16.1 Å². The van der Waals surface area contributed by atoms with Crippen LogP contribution in [0.4, 0.5) is 9.52 Å². The van der Waals surface area contributed by atoms with Crippen molar-refractivity contribution in [3.8, 4) is 0 Å². The van der Waals surface area contributed by atoms with Crippen molar-refractivity contribution in [2.75, 3.05) is 6.61 Å². The lowest BCUT2D eigenvalue weighted by atomic mass is 10.1. The molecule has 0 saturated carbocycles. The lowest BCUT2D eigenvalue weighted by molar-refractivity contribution is -0.137. The highest BCUT2D eigenvalue weighted by Gasteiger charge is 2.20. The summed E-state index contributed by atoms with van der Waals surface area (Å²) in [5, 5.41) is 9.97. The minimum absolute atomic E-state index is 0.0627. The number of carbonyl (C=O) groups excluding carboxylic acids is 1. The topological polar surface area (TPSA) is 84.7 Å². The van der Waals surface area contributed by atoms with Crippen LogP contribution in [-0.4, -0.2) is 33.9 Å². The third kappa shape index (κ3) is 4.97. The fourth-order valence-corrected chi connectivity index (χ4v) is 3.04. The second kappa shape index (κ2) is 8.70. The number of rotatable bonds is 5. The maximum Gasteiger partial charge on any atom is 0.343 e. The summed E-state index contributed by atoms with van der Waals surface area (Å²) < 4.78 is 19.2. The van der Waals surface area contributed by atoms with Crippen LogP contribution in [0.1, 0.15) is 12.5 Å². The molecule has 0 saturated heterocycles. The number of aromatic nitrogens is 2. The maximum atomic E-state index is 13.6. The van der Waals surface area contributed by atoms with E-state index in [-0.39, 0.29) is 22.9 Å². The van der Waals surface area contributed by atoms with Gasteiger partial charge in [-0.1, -0.05) is 34.5 Å². The first kappa shape index (κ1) is 19.8. The SMILES string of the molecule is CCOC(=O)C(/C=N/c1ncc(Br)s1)=C(/O)c1cc(F)c(Cl)nc1Cl. The molecule has 2 aromatic heterocycles. The molecule has 0 atom stereocenters. The Balaban J connectivity index is 2.52. The fraction of sp³-hybridized carbons (Fsp3) is 0.143. The van der Waals surface area contributed by atoms with Gasteiger partial charge in [-0.25, -0.2) is 24.1 Å². The van der Waals surface area contributed by atoms with E-state index in [4.69, 9.17) is 27.9 Å². The molecule has 25 heavy (non-hydrogen) atoms.